The van der Waals surface area contributed by atoms with E-state index in [1.807, 2.05) is 0 Å². The molecule has 0 fully saturated rings. The molecular formula is C36H34Si. The average molecular weight is 495 g/mol. The first kappa shape index (κ1) is 23.7. The van der Waals surface area contributed by atoms with E-state index < -0.39 is 8.07 Å². The van der Waals surface area contributed by atoms with Gasteiger partial charge in [-0.25, -0.2) is 0 Å². The zero-order chi connectivity index (χ0) is 25.6. The molecule has 0 spiro atoms. The van der Waals surface area contributed by atoms with Gasteiger partial charge in [0.2, 0.25) is 0 Å². The highest BCUT2D eigenvalue weighted by molar-refractivity contribution is 7.05. The van der Waals surface area contributed by atoms with Gasteiger partial charge in [0.1, 0.15) is 8.07 Å². The number of hydrogen-bond acceptors (Lipinski definition) is 0. The molecule has 0 saturated heterocycles. The number of benzene rings is 4. The molecule has 37 heavy (non-hydrogen) atoms. The Morgan fingerprint density at radius 2 is 1.05 bits per heavy atom. The summed E-state index contributed by atoms with van der Waals surface area (Å²) in [6.45, 7) is 9.43. The molecule has 0 amide bonds. The van der Waals surface area contributed by atoms with Crippen LogP contribution in [0.3, 0.4) is 0 Å². The Balaban J connectivity index is 1.70. The number of fused-ring (bicyclic) bond motifs is 1. The molecular weight excluding hydrogens is 460 g/mol. The predicted octanol–water partition coefficient (Wildman–Crippen LogP) is 8.32. The highest BCUT2D eigenvalue weighted by atomic mass is 28.3. The summed E-state index contributed by atoms with van der Waals surface area (Å²) in [4.78, 5) is 0. The molecule has 0 nitrogen and oxygen atoms in total. The summed E-state index contributed by atoms with van der Waals surface area (Å²) in [6.07, 6.45) is 4.94. The van der Waals surface area contributed by atoms with Crippen molar-refractivity contribution in [2.45, 2.75) is 38.8 Å². The topological polar surface area (TPSA) is 0 Å². The molecule has 1 heteroatoms. The molecule has 0 heterocycles. The fourth-order valence-electron chi connectivity index (χ4n) is 7.26. The molecule has 182 valence electrons. The second kappa shape index (κ2) is 9.32. The van der Waals surface area contributed by atoms with Crippen LogP contribution < -0.4 is 10.4 Å². The van der Waals surface area contributed by atoms with Gasteiger partial charge >= 0.3 is 0 Å². The van der Waals surface area contributed by atoms with Crippen molar-refractivity contribution >= 4 is 24.5 Å². The zero-order valence-electron chi connectivity index (χ0n) is 22.2. The molecule has 0 N–H and O–H groups in total. The van der Waals surface area contributed by atoms with E-state index in [1.165, 1.54) is 54.9 Å². The molecule has 0 aliphatic heterocycles. The molecule has 6 rings (SSSR count). The molecule has 2 aliphatic carbocycles. The third-order valence-corrected chi connectivity index (χ3v) is 14.8. The molecule has 0 aromatic heterocycles. The van der Waals surface area contributed by atoms with Gasteiger partial charge in [-0.05, 0) is 49.9 Å². The highest BCUT2D eigenvalue weighted by Gasteiger charge is 2.55. The van der Waals surface area contributed by atoms with E-state index in [4.69, 9.17) is 0 Å². The van der Waals surface area contributed by atoms with Crippen molar-refractivity contribution in [1.82, 2.24) is 0 Å². The van der Waals surface area contributed by atoms with E-state index in [0.717, 1.165) is 0 Å². The second-order valence-electron chi connectivity index (χ2n) is 10.8. The van der Waals surface area contributed by atoms with Crippen molar-refractivity contribution in [2.24, 2.45) is 0 Å². The fraction of sp³-hybridized carbons (Fsp3) is 0.167. The lowest BCUT2D eigenvalue weighted by Gasteiger charge is -2.46. The van der Waals surface area contributed by atoms with Crippen LogP contribution in [0.2, 0.25) is 5.54 Å². The summed E-state index contributed by atoms with van der Waals surface area (Å²) in [5, 5.41) is 3.03. The van der Waals surface area contributed by atoms with Gasteiger partial charge in [0.25, 0.3) is 0 Å². The zero-order valence-corrected chi connectivity index (χ0v) is 23.2. The average Bonchev–Trinajstić information content (AvgIpc) is 3.41. The first-order valence-electron chi connectivity index (χ1n) is 13.4. The van der Waals surface area contributed by atoms with Gasteiger partial charge in [-0.15, -0.1) is 0 Å². The Hall–Kier alpha value is -3.68. The molecule has 2 aliphatic rings. The van der Waals surface area contributed by atoms with Crippen LogP contribution in [-0.4, -0.2) is 8.07 Å². The van der Waals surface area contributed by atoms with Crippen LogP contribution in [0.1, 0.15) is 44.4 Å². The lowest BCUT2D eigenvalue weighted by atomic mass is 9.97. The minimum absolute atomic E-state index is 0.352. The van der Waals surface area contributed by atoms with Gasteiger partial charge in [0.05, 0.1) is 0 Å². The summed E-state index contributed by atoms with van der Waals surface area (Å²) >= 11 is 0. The molecule has 2 atom stereocenters. The quantitative estimate of drug-likeness (QED) is 0.245. The van der Waals surface area contributed by atoms with Gasteiger partial charge in [-0.3, -0.25) is 0 Å². The molecule has 0 saturated carbocycles. The third-order valence-electron chi connectivity index (χ3n) is 8.73. The van der Waals surface area contributed by atoms with Gasteiger partial charge < -0.3 is 0 Å². The summed E-state index contributed by atoms with van der Waals surface area (Å²) < 4.78 is 0. The van der Waals surface area contributed by atoms with Crippen LogP contribution in [0.4, 0.5) is 0 Å². The lowest BCUT2D eigenvalue weighted by molar-refractivity contribution is 0.995. The third kappa shape index (κ3) is 3.64. The van der Waals surface area contributed by atoms with Gasteiger partial charge in [0, 0.05) is 11.1 Å². The fourth-order valence-corrected chi connectivity index (χ4v) is 14.0. The number of rotatable bonds is 5. The SMILES string of the molecule is CC1=CC(C)=C(C)C1[Si](c1ccccc1)(c1ccccc1)C1C(C)=Cc2c(-c3ccccc3)cccc21. The lowest BCUT2D eigenvalue weighted by Crippen LogP contribution is -2.66. The van der Waals surface area contributed by atoms with Crippen LogP contribution in [0, 0.1) is 0 Å². The van der Waals surface area contributed by atoms with Crippen LogP contribution in [0.25, 0.3) is 17.2 Å². The first-order valence-corrected chi connectivity index (χ1v) is 15.5. The highest BCUT2D eigenvalue weighted by Crippen LogP contribution is 2.53. The summed E-state index contributed by atoms with van der Waals surface area (Å²) in [7, 11) is -2.48. The Morgan fingerprint density at radius 3 is 1.59 bits per heavy atom. The molecule has 0 radical (unpaired) electrons. The van der Waals surface area contributed by atoms with Crippen molar-refractivity contribution in [3.8, 4) is 11.1 Å². The monoisotopic (exact) mass is 494 g/mol. The van der Waals surface area contributed by atoms with E-state index in [0.29, 0.717) is 11.1 Å². The normalized spacial score (nSPS) is 19.0. The van der Waals surface area contributed by atoms with E-state index in [1.54, 1.807) is 0 Å². The maximum Gasteiger partial charge on any atom is 0.140 e. The standard InChI is InChI=1S/C36H34Si/c1-25-23-26(2)35(28(25)4)37(30-17-10-6-11-18-30,31-19-12-7-13-20-31)36-27(3)24-34-32(21-14-22-33(34)36)29-15-8-5-9-16-29/h5-24,35-36H,1-4H3. The van der Waals surface area contributed by atoms with Crippen molar-refractivity contribution in [3.63, 3.8) is 0 Å². The predicted molar refractivity (Wildman–Crippen MR) is 162 cm³/mol. The van der Waals surface area contributed by atoms with Crippen molar-refractivity contribution in [3.05, 3.63) is 149 Å². The van der Waals surface area contributed by atoms with Crippen molar-refractivity contribution < 1.29 is 0 Å². The van der Waals surface area contributed by atoms with E-state index in [9.17, 15) is 0 Å². The Labute approximate surface area is 222 Å². The van der Waals surface area contributed by atoms with Gasteiger partial charge in [-0.1, -0.05) is 154 Å². The maximum atomic E-state index is 2.50. The Bertz CT molecular complexity index is 1500. The summed E-state index contributed by atoms with van der Waals surface area (Å²) in [6, 6.07) is 40.8. The van der Waals surface area contributed by atoms with Crippen molar-refractivity contribution in [2.75, 3.05) is 0 Å². The first-order chi connectivity index (χ1) is 18.0. The molecule has 0 bridgehead atoms. The Kier molecular flexibility index (Phi) is 5.97. The van der Waals surface area contributed by atoms with E-state index in [2.05, 4.69) is 149 Å². The molecule has 4 aromatic carbocycles. The van der Waals surface area contributed by atoms with E-state index >= 15 is 0 Å². The van der Waals surface area contributed by atoms with Gasteiger partial charge in [0.15, 0.2) is 0 Å². The smallest absolute Gasteiger partial charge is 0.0679 e. The minimum atomic E-state index is -2.48. The van der Waals surface area contributed by atoms with Crippen LogP contribution in [0.15, 0.2) is 138 Å². The summed E-state index contributed by atoms with van der Waals surface area (Å²) in [5.41, 5.74) is 12.3. The second-order valence-corrected chi connectivity index (χ2v) is 14.8. The van der Waals surface area contributed by atoms with Crippen molar-refractivity contribution in [1.29, 1.82) is 0 Å². The van der Waals surface area contributed by atoms with Crippen LogP contribution in [0.5, 0.6) is 0 Å². The summed E-state index contributed by atoms with van der Waals surface area (Å²) in [5.74, 6) is 0. The Morgan fingerprint density at radius 1 is 0.514 bits per heavy atom. The molecule has 2 unspecified atom stereocenters. The van der Waals surface area contributed by atoms with E-state index in [-0.39, 0.29) is 0 Å². The number of hydrogen-bond donors (Lipinski definition) is 0. The number of allylic oxidation sites excluding steroid dienone is 5. The largest absolute Gasteiger partial charge is 0.140 e. The van der Waals surface area contributed by atoms with Crippen LogP contribution >= 0.6 is 0 Å². The minimum Gasteiger partial charge on any atom is -0.0679 e. The van der Waals surface area contributed by atoms with Crippen LogP contribution in [-0.2, 0) is 0 Å². The van der Waals surface area contributed by atoms with Gasteiger partial charge in [-0.2, -0.15) is 0 Å². The molecule has 4 aromatic rings. The maximum absolute atomic E-state index is 2.50.